The Morgan fingerprint density at radius 2 is 1.83 bits per heavy atom. The molecular formula is C18H17F2N3O6. The Morgan fingerprint density at radius 1 is 1.10 bits per heavy atom. The molecule has 0 aromatic heterocycles. The first-order chi connectivity index (χ1) is 13.8. The van der Waals surface area contributed by atoms with Crippen molar-refractivity contribution in [3.8, 4) is 5.75 Å². The van der Waals surface area contributed by atoms with Crippen molar-refractivity contribution < 1.29 is 32.8 Å². The highest BCUT2D eigenvalue weighted by molar-refractivity contribution is 5.91. The van der Waals surface area contributed by atoms with Crippen molar-refractivity contribution in [2.75, 3.05) is 25.0 Å². The molecule has 29 heavy (non-hydrogen) atoms. The molecule has 0 radical (unpaired) electrons. The Kier molecular flexibility index (Phi) is 7.83. The van der Waals surface area contributed by atoms with Crippen LogP contribution in [0.1, 0.15) is 10.4 Å². The van der Waals surface area contributed by atoms with E-state index in [1.54, 1.807) is 0 Å². The maximum Gasteiger partial charge on any atom is 0.387 e. The lowest BCUT2D eigenvalue weighted by atomic mass is 10.2. The zero-order valence-corrected chi connectivity index (χ0v) is 15.0. The third-order valence-corrected chi connectivity index (χ3v) is 3.48. The Morgan fingerprint density at radius 3 is 2.48 bits per heavy atom. The van der Waals surface area contributed by atoms with Gasteiger partial charge in [-0.15, -0.1) is 0 Å². The molecule has 11 heteroatoms. The molecule has 0 aliphatic rings. The smallest absolute Gasteiger partial charge is 0.387 e. The van der Waals surface area contributed by atoms with Crippen LogP contribution in [-0.2, 0) is 9.53 Å². The van der Waals surface area contributed by atoms with Crippen molar-refractivity contribution in [1.82, 2.24) is 5.32 Å². The number of nitrogens with zero attached hydrogens (tertiary/aromatic N) is 1. The van der Waals surface area contributed by atoms with E-state index in [4.69, 9.17) is 4.74 Å². The number of hydrogen-bond acceptors (Lipinski definition) is 7. The van der Waals surface area contributed by atoms with E-state index in [1.807, 2.05) is 0 Å². The molecule has 0 saturated carbocycles. The normalized spacial score (nSPS) is 10.3. The lowest BCUT2D eigenvalue weighted by Crippen LogP contribution is -2.32. The highest BCUT2D eigenvalue weighted by Gasteiger charge is 2.12. The van der Waals surface area contributed by atoms with Gasteiger partial charge in [0, 0.05) is 30.9 Å². The Hall–Kier alpha value is -3.76. The van der Waals surface area contributed by atoms with Crippen LogP contribution >= 0.6 is 0 Å². The number of benzene rings is 2. The largest absolute Gasteiger partial charge is 0.452 e. The molecule has 0 aliphatic heterocycles. The summed E-state index contributed by atoms with van der Waals surface area (Å²) in [5.74, 6) is -1.61. The first-order valence-corrected chi connectivity index (χ1v) is 8.32. The quantitative estimate of drug-likeness (QED) is 0.268. The predicted octanol–water partition coefficient (Wildman–Crippen LogP) is 2.58. The van der Waals surface area contributed by atoms with Crippen LogP contribution in [-0.4, -0.2) is 43.1 Å². The molecule has 154 valence electrons. The summed E-state index contributed by atoms with van der Waals surface area (Å²) in [6, 6.07) is 10.8. The number of non-ortho nitro benzene ring substituents is 1. The summed E-state index contributed by atoms with van der Waals surface area (Å²) in [4.78, 5) is 33.6. The van der Waals surface area contributed by atoms with E-state index in [9.17, 15) is 28.5 Å². The van der Waals surface area contributed by atoms with E-state index < -0.39 is 30.0 Å². The number of carbonyl (C=O) groups excluding carboxylic acids is 2. The number of nitro benzene ring substituents is 1. The number of anilines is 1. The molecule has 0 spiro atoms. The van der Waals surface area contributed by atoms with Crippen LogP contribution in [0, 0.1) is 10.1 Å². The highest BCUT2D eigenvalue weighted by Crippen LogP contribution is 2.17. The molecule has 2 rings (SSSR count). The van der Waals surface area contributed by atoms with Crippen LogP contribution < -0.4 is 15.4 Å². The lowest BCUT2D eigenvalue weighted by molar-refractivity contribution is -0.384. The van der Waals surface area contributed by atoms with Gasteiger partial charge >= 0.3 is 12.6 Å². The van der Waals surface area contributed by atoms with Crippen LogP contribution in [0.2, 0.25) is 0 Å². The van der Waals surface area contributed by atoms with Crippen molar-refractivity contribution in [2.24, 2.45) is 0 Å². The molecule has 2 aromatic rings. The number of alkyl halides is 2. The summed E-state index contributed by atoms with van der Waals surface area (Å²) in [6.45, 7) is -3.02. The minimum atomic E-state index is -3.02. The van der Waals surface area contributed by atoms with Gasteiger partial charge in [-0.3, -0.25) is 14.9 Å². The first-order valence-electron chi connectivity index (χ1n) is 8.32. The maximum atomic E-state index is 12.2. The van der Waals surface area contributed by atoms with Gasteiger partial charge in [-0.05, 0) is 30.3 Å². The van der Waals surface area contributed by atoms with Crippen molar-refractivity contribution >= 4 is 23.3 Å². The number of esters is 1. The van der Waals surface area contributed by atoms with Gasteiger partial charge in [0.2, 0.25) is 0 Å². The van der Waals surface area contributed by atoms with Crippen LogP contribution in [0.5, 0.6) is 5.75 Å². The number of halogens is 2. The number of hydrogen-bond donors (Lipinski definition) is 2. The summed E-state index contributed by atoms with van der Waals surface area (Å²) < 4.78 is 33.4. The minimum absolute atomic E-state index is 0.0306. The summed E-state index contributed by atoms with van der Waals surface area (Å²) >= 11 is 0. The summed E-state index contributed by atoms with van der Waals surface area (Å²) in [7, 11) is 0. The SMILES string of the molecule is O=C(COC(=O)c1cccc(OC(F)F)c1)NCCNc1ccc([N+](=O)[O-])cc1. The average molecular weight is 409 g/mol. The molecule has 9 nitrogen and oxygen atoms in total. The number of nitrogens with one attached hydrogen (secondary N) is 2. The zero-order valence-electron chi connectivity index (χ0n) is 15.0. The number of rotatable bonds is 10. The van der Waals surface area contributed by atoms with E-state index in [0.717, 1.165) is 6.07 Å². The van der Waals surface area contributed by atoms with E-state index in [0.29, 0.717) is 12.2 Å². The van der Waals surface area contributed by atoms with Gasteiger partial charge in [-0.1, -0.05) is 6.07 Å². The fraction of sp³-hybridized carbons (Fsp3) is 0.222. The number of carbonyl (C=O) groups is 2. The van der Waals surface area contributed by atoms with E-state index >= 15 is 0 Å². The van der Waals surface area contributed by atoms with Gasteiger partial charge in [0.15, 0.2) is 6.61 Å². The van der Waals surface area contributed by atoms with Crippen LogP contribution in [0.25, 0.3) is 0 Å². The first kappa shape index (κ1) is 21.5. The molecule has 2 N–H and O–H groups in total. The molecule has 0 bridgehead atoms. The number of amides is 1. The average Bonchev–Trinajstić information content (AvgIpc) is 2.69. The summed E-state index contributed by atoms with van der Waals surface area (Å²) in [5.41, 5.74) is 0.579. The predicted molar refractivity (Wildman–Crippen MR) is 98.0 cm³/mol. The van der Waals surface area contributed by atoms with Gasteiger partial charge in [0.25, 0.3) is 11.6 Å². The third-order valence-electron chi connectivity index (χ3n) is 3.48. The molecule has 0 atom stereocenters. The Bertz CT molecular complexity index is 861. The van der Waals surface area contributed by atoms with Crippen molar-refractivity contribution in [3.63, 3.8) is 0 Å². The summed E-state index contributed by atoms with van der Waals surface area (Å²) in [5, 5.41) is 16.0. The molecule has 0 saturated heterocycles. The van der Waals surface area contributed by atoms with E-state index in [-0.39, 0.29) is 23.5 Å². The molecule has 2 aromatic carbocycles. The van der Waals surface area contributed by atoms with Crippen LogP contribution in [0.3, 0.4) is 0 Å². The molecule has 0 heterocycles. The second-order valence-electron chi connectivity index (χ2n) is 5.56. The van der Waals surface area contributed by atoms with Crippen LogP contribution in [0.4, 0.5) is 20.2 Å². The number of nitro groups is 1. The fourth-order valence-electron chi connectivity index (χ4n) is 2.17. The topological polar surface area (TPSA) is 120 Å². The zero-order chi connectivity index (χ0) is 21.2. The minimum Gasteiger partial charge on any atom is -0.452 e. The van der Waals surface area contributed by atoms with E-state index in [2.05, 4.69) is 15.4 Å². The van der Waals surface area contributed by atoms with Crippen LogP contribution in [0.15, 0.2) is 48.5 Å². The fourth-order valence-corrected chi connectivity index (χ4v) is 2.17. The van der Waals surface area contributed by atoms with Gasteiger partial charge in [0.05, 0.1) is 10.5 Å². The Balaban J connectivity index is 1.69. The monoisotopic (exact) mass is 409 g/mol. The van der Waals surface area contributed by atoms with Gasteiger partial charge < -0.3 is 20.1 Å². The standard InChI is InChI=1S/C18H17F2N3O6/c19-18(20)29-15-3-1-2-12(10-15)17(25)28-11-16(24)22-9-8-21-13-4-6-14(7-5-13)23(26)27/h1-7,10,18,21H,8-9,11H2,(H,22,24). The lowest BCUT2D eigenvalue weighted by Gasteiger charge is -2.09. The highest BCUT2D eigenvalue weighted by atomic mass is 19.3. The number of ether oxygens (including phenoxy) is 2. The molecule has 0 aliphatic carbocycles. The van der Waals surface area contributed by atoms with Crippen molar-refractivity contribution in [1.29, 1.82) is 0 Å². The molecule has 1 amide bonds. The third kappa shape index (κ3) is 7.40. The second kappa shape index (κ2) is 10.5. The molecule has 0 fully saturated rings. The summed E-state index contributed by atoms with van der Waals surface area (Å²) in [6.07, 6.45) is 0. The van der Waals surface area contributed by atoms with Gasteiger partial charge in [0.1, 0.15) is 5.75 Å². The maximum absolute atomic E-state index is 12.2. The Labute approximate surface area is 163 Å². The molecular weight excluding hydrogens is 392 g/mol. The second-order valence-corrected chi connectivity index (χ2v) is 5.56. The van der Waals surface area contributed by atoms with Crippen molar-refractivity contribution in [2.45, 2.75) is 6.61 Å². The molecule has 0 unspecified atom stereocenters. The van der Waals surface area contributed by atoms with Gasteiger partial charge in [-0.25, -0.2) is 4.79 Å². The van der Waals surface area contributed by atoms with Gasteiger partial charge in [-0.2, -0.15) is 8.78 Å². The van der Waals surface area contributed by atoms with E-state index in [1.165, 1.54) is 42.5 Å². The van der Waals surface area contributed by atoms with Crippen molar-refractivity contribution in [3.05, 3.63) is 64.2 Å².